The van der Waals surface area contributed by atoms with Crippen molar-refractivity contribution < 1.29 is 14.3 Å². The second kappa shape index (κ2) is 8.37. The van der Waals surface area contributed by atoms with Gasteiger partial charge < -0.3 is 14.8 Å². The zero-order valence-electron chi connectivity index (χ0n) is 18.9. The number of aryl methyl sites for hydroxylation is 3. The number of hydrogen-bond donors (Lipinski definition) is 2. The first-order valence-corrected chi connectivity index (χ1v) is 10.7. The molecular weight excluding hydrogens is 444 g/mol. The number of nitrogens with zero attached hydrogens (tertiary/aromatic N) is 3. The molecule has 170 valence electrons. The Morgan fingerprint density at radius 2 is 1.97 bits per heavy atom. The minimum atomic E-state index is -1.20. The third kappa shape index (κ3) is 4.09. The summed E-state index contributed by atoms with van der Waals surface area (Å²) >= 11 is 5.88. The zero-order valence-corrected chi connectivity index (χ0v) is 19.6. The molecule has 1 aromatic carbocycles. The lowest BCUT2D eigenvalue weighted by Gasteiger charge is -2.19. The van der Waals surface area contributed by atoms with Gasteiger partial charge >= 0.3 is 5.97 Å². The number of carboxylic acids is 1. The van der Waals surface area contributed by atoms with Crippen LogP contribution in [0.2, 0.25) is 5.15 Å². The molecule has 4 rings (SSSR count). The maximum Gasteiger partial charge on any atom is 0.356 e. The van der Waals surface area contributed by atoms with E-state index in [2.05, 4.69) is 15.4 Å². The molecule has 33 heavy (non-hydrogen) atoms. The third-order valence-corrected chi connectivity index (χ3v) is 5.76. The van der Waals surface area contributed by atoms with Gasteiger partial charge in [-0.1, -0.05) is 17.7 Å². The maximum absolute atomic E-state index is 13.3. The van der Waals surface area contributed by atoms with Gasteiger partial charge in [0.15, 0.2) is 11.1 Å². The van der Waals surface area contributed by atoms with Crippen LogP contribution in [0.5, 0.6) is 0 Å². The average molecular weight is 467 g/mol. The Balaban J connectivity index is 1.90. The molecule has 0 aliphatic carbocycles. The first kappa shape index (κ1) is 22.5. The molecule has 0 saturated carbocycles. The number of nitrogens with one attached hydrogen (secondary N) is 1. The van der Waals surface area contributed by atoms with Crippen molar-refractivity contribution >= 4 is 34.2 Å². The van der Waals surface area contributed by atoms with Crippen LogP contribution in [-0.2, 0) is 7.05 Å². The van der Waals surface area contributed by atoms with Crippen LogP contribution in [0.1, 0.15) is 45.8 Å². The summed E-state index contributed by atoms with van der Waals surface area (Å²) in [6.45, 7) is 7.37. The predicted octanol–water partition coefficient (Wildman–Crippen LogP) is 5.04. The van der Waals surface area contributed by atoms with Gasteiger partial charge in [-0.3, -0.25) is 9.48 Å². The molecule has 0 fully saturated rings. The smallest absolute Gasteiger partial charge is 0.356 e. The fourth-order valence-corrected chi connectivity index (χ4v) is 4.14. The van der Waals surface area contributed by atoms with Gasteiger partial charge in [0.1, 0.15) is 16.5 Å². The van der Waals surface area contributed by atoms with Crippen LogP contribution in [-0.4, -0.2) is 25.8 Å². The Morgan fingerprint density at radius 3 is 2.61 bits per heavy atom. The van der Waals surface area contributed by atoms with Crippen molar-refractivity contribution in [1.29, 1.82) is 0 Å². The molecule has 0 amide bonds. The molecule has 0 aliphatic rings. The lowest BCUT2D eigenvalue weighted by atomic mass is 9.99. The Hall–Kier alpha value is -3.65. The number of aromatic carboxylic acids is 1. The third-order valence-electron chi connectivity index (χ3n) is 5.55. The molecule has 3 heterocycles. The van der Waals surface area contributed by atoms with Gasteiger partial charge in [0, 0.05) is 24.4 Å². The van der Waals surface area contributed by atoms with E-state index in [1.165, 1.54) is 6.07 Å². The van der Waals surface area contributed by atoms with Gasteiger partial charge in [0.05, 0.1) is 28.4 Å². The van der Waals surface area contributed by atoms with Crippen LogP contribution in [0.25, 0.3) is 22.3 Å². The number of hydrogen-bond acceptors (Lipinski definition) is 6. The second-order valence-electron chi connectivity index (χ2n) is 8.12. The first-order chi connectivity index (χ1) is 15.6. The lowest BCUT2D eigenvalue weighted by molar-refractivity contribution is 0.0691. The molecule has 0 radical (unpaired) electrons. The summed E-state index contributed by atoms with van der Waals surface area (Å²) in [6.07, 6.45) is 1.82. The highest BCUT2D eigenvalue weighted by molar-refractivity contribution is 6.29. The van der Waals surface area contributed by atoms with Crippen molar-refractivity contribution in [3.8, 4) is 11.3 Å². The molecule has 1 atom stereocenters. The summed E-state index contributed by atoms with van der Waals surface area (Å²) in [7, 11) is 1.81. The van der Waals surface area contributed by atoms with Crippen molar-refractivity contribution in [2.75, 3.05) is 5.32 Å². The molecule has 4 aromatic rings. The fourth-order valence-electron chi connectivity index (χ4n) is 3.99. The molecule has 0 bridgehead atoms. The number of fused-ring (bicyclic) bond motifs is 1. The average Bonchev–Trinajstić information content (AvgIpc) is 3.09. The minimum Gasteiger partial charge on any atom is -0.476 e. The van der Waals surface area contributed by atoms with E-state index in [-0.39, 0.29) is 16.3 Å². The molecule has 9 heteroatoms. The van der Waals surface area contributed by atoms with Gasteiger partial charge in [0.25, 0.3) is 0 Å². The zero-order chi connectivity index (χ0) is 24.0. The Morgan fingerprint density at radius 1 is 1.24 bits per heavy atom. The minimum absolute atomic E-state index is 0.0876. The van der Waals surface area contributed by atoms with Crippen molar-refractivity contribution in [3.05, 3.63) is 73.9 Å². The molecule has 0 saturated heterocycles. The molecule has 0 unspecified atom stereocenters. The van der Waals surface area contributed by atoms with E-state index in [0.717, 1.165) is 22.4 Å². The van der Waals surface area contributed by atoms with Crippen LogP contribution < -0.4 is 10.7 Å². The maximum atomic E-state index is 13.3. The van der Waals surface area contributed by atoms with Crippen molar-refractivity contribution in [2.24, 2.45) is 7.05 Å². The van der Waals surface area contributed by atoms with Gasteiger partial charge in [-0.25, -0.2) is 9.78 Å². The molecule has 3 aromatic heterocycles. The van der Waals surface area contributed by atoms with E-state index in [0.29, 0.717) is 28.0 Å². The van der Waals surface area contributed by atoms with Crippen LogP contribution >= 0.6 is 11.6 Å². The number of pyridine rings is 1. The number of aromatic nitrogens is 3. The molecular formula is C24H23ClN4O4. The van der Waals surface area contributed by atoms with Gasteiger partial charge in [-0.05, 0) is 51.5 Å². The number of rotatable bonds is 5. The number of anilines is 1. The van der Waals surface area contributed by atoms with Crippen molar-refractivity contribution in [2.45, 2.75) is 33.7 Å². The molecule has 8 nitrogen and oxygen atoms in total. The van der Waals surface area contributed by atoms with Gasteiger partial charge in [0.2, 0.25) is 0 Å². The lowest BCUT2D eigenvalue weighted by Crippen LogP contribution is -2.14. The monoisotopic (exact) mass is 466 g/mol. The molecule has 0 spiro atoms. The SMILES string of the molecule is Cc1cc([C@@H](C)Nc2ccc(Cl)nc2C(=O)O)c2oc(-c3cn(C)nc3C)c(C)c(=O)c2c1. The number of carbonyl (C=O) groups is 1. The summed E-state index contributed by atoms with van der Waals surface area (Å²) in [6, 6.07) is 6.41. The van der Waals surface area contributed by atoms with Crippen LogP contribution in [0.3, 0.4) is 0 Å². The Bertz CT molecular complexity index is 1470. The summed E-state index contributed by atoms with van der Waals surface area (Å²) in [5.74, 6) is -0.729. The van der Waals surface area contributed by atoms with E-state index in [1.807, 2.05) is 40.1 Å². The predicted molar refractivity (Wildman–Crippen MR) is 127 cm³/mol. The Labute approximate surface area is 194 Å². The van der Waals surface area contributed by atoms with E-state index in [9.17, 15) is 14.7 Å². The van der Waals surface area contributed by atoms with Crippen molar-refractivity contribution in [3.63, 3.8) is 0 Å². The normalized spacial score (nSPS) is 12.2. The van der Waals surface area contributed by atoms with Crippen LogP contribution in [0.15, 0.2) is 39.7 Å². The highest BCUT2D eigenvalue weighted by Crippen LogP contribution is 2.33. The number of carboxylic acid groups (broad SMARTS) is 1. The second-order valence-corrected chi connectivity index (χ2v) is 8.51. The fraction of sp³-hybridized carbons (Fsp3) is 0.250. The number of benzene rings is 1. The van der Waals surface area contributed by atoms with E-state index in [4.69, 9.17) is 16.0 Å². The standard InChI is InChI=1S/C24H23ClN4O4/c1-11-8-15(13(3)26-18-6-7-19(25)27-20(18)24(31)32)23-16(9-11)21(30)12(2)22(33-23)17-10-29(5)28-14(17)4/h6-10,13,26H,1-5H3,(H,31,32)/t13-/m1/s1. The van der Waals surface area contributed by atoms with Crippen LogP contribution in [0.4, 0.5) is 5.69 Å². The number of halogens is 1. The molecule has 0 aliphatic heterocycles. The highest BCUT2D eigenvalue weighted by atomic mass is 35.5. The van der Waals surface area contributed by atoms with Gasteiger partial charge in [-0.15, -0.1) is 0 Å². The molecule has 2 N–H and O–H groups in total. The van der Waals surface area contributed by atoms with Crippen LogP contribution in [0, 0.1) is 20.8 Å². The van der Waals surface area contributed by atoms with Gasteiger partial charge in [-0.2, -0.15) is 5.10 Å². The highest BCUT2D eigenvalue weighted by Gasteiger charge is 2.22. The quantitative estimate of drug-likeness (QED) is 0.396. The van der Waals surface area contributed by atoms with E-state index >= 15 is 0 Å². The van der Waals surface area contributed by atoms with Crippen molar-refractivity contribution in [1.82, 2.24) is 14.8 Å². The first-order valence-electron chi connectivity index (χ1n) is 10.3. The van der Waals surface area contributed by atoms with E-state index in [1.54, 1.807) is 23.7 Å². The topological polar surface area (TPSA) is 110 Å². The summed E-state index contributed by atoms with van der Waals surface area (Å²) in [5.41, 5.74) is 4.05. The summed E-state index contributed by atoms with van der Waals surface area (Å²) in [5, 5.41) is 17.6. The van der Waals surface area contributed by atoms with E-state index < -0.39 is 12.0 Å². The largest absolute Gasteiger partial charge is 0.476 e. The Kier molecular flexibility index (Phi) is 5.71. The summed E-state index contributed by atoms with van der Waals surface area (Å²) in [4.78, 5) is 28.9. The summed E-state index contributed by atoms with van der Waals surface area (Å²) < 4.78 is 8.03.